The van der Waals surface area contributed by atoms with Crippen LogP contribution in [0.3, 0.4) is 0 Å². The van der Waals surface area contributed by atoms with Gasteiger partial charge in [-0.1, -0.05) is 6.07 Å². The first kappa shape index (κ1) is 19.9. The van der Waals surface area contributed by atoms with E-state index in [9.17, 15) is 4.39 Å². The first-order valence-electron chi connectivity index (χ1n) is 10.2. The molecule has 0 atom stereocenters. The number of amidine groups is 1. The van der Waals surface area contributed by atoms with Crippen LogP contribution in [0.2, 0.25) is 0 Å². The van der Waals surface area contributed by atoms with E-state index in [2.05, 4.69) is 9.98 Å². The molecule has 1 aromatic heterocycles. The highest BCUT2D eigenvalue weighted by molar-refractivity contribution is 6.02. The Morgan fingerprint density at radius 2 is 2.00 bits per heavy atom. The minimum atomic E-state index is -0.269. The summed E-state index contributed by atoms with van der Waals surface area (Å²) in [5.74, 6) is 1.80. The Hall–Kier alpha value is -4.07. The van der Waals surface area contributed by atoms with Crippen molar-refractivity contribution in [2.75, 3.05) is 25.3 Å². The van der Waals surface area contributed by atoms with Crippen molar-refractivity contribution in [3.05, 3.63) is 90.2 Å². The predicted octanol–water partition coefficient (Wildman–Crippen LogP) is 4.31. The summed E-state index contributed by atoms with van der Waals surface area (Å²) in [6.07, 6.45) is 9.22. The maximum absolute atomic E-state index is 13.4. The second-order valence-electron chi connectivity index (χ2n) is 7.41. The van der Waals surface area contributed by atoms with E-state index in [1.54, 1.807) is 31.8 Å². The monoisotopic (exact) mass is 431 g/mol. The fourth-order valence-electron chi connectivity index (χ4n) is 3.75. The standard InChI is InChI=1S/C24H22FN5O2/c1-17-15-28(16-27-17)21-8-3-18(13-22(21)31-2)14-23-24-26-9-10-29(30(24)11-12-32-23)20-6-4-19(25)5-7-20/h3-10,13-16H,11-12H2,1-2H3/b23-14-. The SMILES string of the molecule is COc1cc(/C=C2\OCCN3C2=NC=CN3c2ccc(F)cc2)ccc1-n1cnc(C)c1. The van der Waals surface area contributed by atoms with Gasteiger partial charge in [0.15, 0.2) is 11.6 Å². The number of rotatable bonds is 4. The molecular formula is C24H22FN5O2. The summed E-state index contributed by atoms with van der Waals surface area (Å²) in [6, 6.07) is 12.3. The Labute approximate surface area is 185 Å². The number of aliphatic imine (C=N–C) groups is 1. The lowest BCUT2D eigenvalue weighted by Gasteiger charge is -2.41. The van der Waals surface area contributed by atoms with Gasteiger partial charge in [0.1, 0.15) is 18.2 Å². The van der Waals surface area contributed by atoms with Crippen LogP contribution < -0.4 is 9.75 Å². The first-order chi connectivity index (χ1) is 15.6. The van der Waals surface area contributed by atoms with Gasteiger partial charge in [-0.25, -0.2) is 14.4 Å². The number of hydrogen-bond acceptors (Lipinski definition) is 6. The number of morpholine rings is 1. The Balaban J connectivity index is 1.46. The second kappa shape index (κ2) is 8.22. The molecule has 1 saturated heterocycles. The van der Waals surface area contributed by atoms with Crippen molar-refractivity contribution >= 4 is 17.6 Å². The van der Waals surface area contributed by atoms with Gasteiger partial charge in [0.25, 0.3) is 0 Å². The number of benzene rings is 2. The molecule has 2 aromatic carbocycles. The number of methoxy groups -OCH3 is 1. The zero-order chi connectivity index (χ0) is 22.1. The van der Waals surface area contributed by atoms with Gasteiger partial charge in [-0.05, 0) is 55.0 Å². The van der Waals surface area contributed by atoms with Crippen LogP contribution in [0.4, 0.5) is 10.1 Å². The summed E-state index contributed by atoms with van der Waals surface area (Å²) in [4.78, 5) is 8.83. The Morgan fingerprint density at radius 3 is 2.75 bits per heavy atom. The molecule has 3 aromatic rings. The average Bonchev–Trinajstić information content (AvgIpc) is 3.25. The lowest BCUT2D eigenvalue weighted by atomic mass is 10.1. The van der Waals surface area contributed by atoms with Crippen molar-refractivity contribution in [3.8, 4) is 11.4 Å². The highest BCUT2D eigenvalue weighted by atomic mass is 19.1. The highest BCUT2D eigenvalue weighted by Gasteiger charge is 2.29. The normalized spacial score (nSPS) is 16.6. The molecule has 0 N–H and O–H groups in total. The molecule has 2 aliphatic rings. The van der Waals surface area contributed by atoms with Crippen LogP contribution in [-0.4, -0.2) is 40.7 Å². The number of nitrogens with zero attached hydrogens (tertiary/aromatic N) is 5. The van der Waals surface area contributed by atoms with Crippen molar-refractivity contribution in [1.29, 1.82) is 0 Å². The van der Waals surface area contributed by atoms with E-state index in [0.29, 0.717) is 24.7 Å². The van der Waals surface area contributed by atoms with E-state index >= 15 is 0 Å². The van der Waals surface area contributed by atoms with Gasteiger partial charge in [-0.15, -0.1) is 0 Å². The van der Waals surface area contributed by atoms with E-state index in [-0.39, 0.29) is 5.82 Å². The number of fused-ring (bicyclic) bond motifs is 1. The van der Waals surface area contributed by atoms with Crippen LogP contribution in [0.5, 0.6) is 5.75 Å². The van der Waals surface area contributed by atoms with Crippen LogP contribution in [0.15, 0.2) is 78.1 Å². The van der Waals surface area contributed by atoms with Gasteiger partial charge in [-0.2, -0.15) is 0 Å². The molecule has 0 spiro atoms. The molecule has 0 aliphatic carbocycles. The third-order valence-electron chi connectivity index (χ3n) is 5.27. The summed E-state index contributed by atoms with van der Waals surface area (Å²) in [6.45, 7) is 3.07. The molecule has 5 rings (SSSR count). The topological polar surface area (TPSA) is 55.1 Å². The zero-order valence-corrected chi connectivity index (χ0v) is 17.8. The number of imidazole rings is 1. The van der Waals surface area contributed by atoms with Crippen LogP contribution in [0.25, 0.3) is 11.8 Å². The minimum Gasteiger partial charge on any atom is -0.495 e. The fourth-order valence-corrected chi connectivity index (χ4v) is 3.75. The van der Waals surface area contributed by atoms with Gasteiger partial charge in [0, 0.05) is 18.6 Å². The van der Waals surface area contributed by atoms with E-state index < -0.39 is 0 Å². The fraction of sp³-hybridized carbons (Fsp3) is 0.167. The number of aryl methyl sites for hydroxylation is 1. The molecule has 0 radical (unpaired) electrons. The molecule has 0 saturated carbocycles. The molecule has 1 fully saturated rings. The number of anilines is 1. The van der Waals surface area contributed by atoms with E-state index in [1.807, 2.05) is 58.2 Å². The summed E-state index contributed by atoms with van der Waals surface area (Å²) in [7, 11) is 1.65. The molecule has 0 amide bonds. The van der Waals surface area contributed by atoms with E-state index in [1.165, 1.54) is 12.1 Å². The van der Waals surface area contributed by atoms with Crippen molar-refractivity contribution in [2.24, 2.45) is 4.99 Å². The summed E-state index contributed by atoms with van der Waals surface area (Å²) >= 11 is 0. The van der Waals surface area contributed by atoms with Crippen LogP contribution in [-0.2, 0) is 4.74 Å². The number of ether oxygens (including phenoxy) is 2. The molecule has 2 aliphatic heterocycles. The van der Waals surface area contributed by atoms with Gasteiger partial charge in [0.2, 0.25) is 0 Å². The molecule has 162 valence electrons. The molecule has 0 unspecified atom stereocenters. The van der Waals surface area contributed by atoms with Crippen LogP contribution in [0, 0.1) is 12.7 Å². The van der Waals surface area contributed by atoms with Gasteiger partial charge in [0.05, 0.1) is 37.1 Å². The highest BCUT2D eigenvalue weighted by Crippen LogP contribution is 2.29. The quantitative estimate of drug-likeness (QED) is 0.616. The van der Waals surface area contributed by atoms with Crippen molar-refractivity contribution in [3.63, 3.8) is 0 Å². The van der Waals surface area contributed by atoms with Crippen LogP contribution >= 0.6 is 0 Å². The van der Waals surface area contributed by atoms with E-state index in [4.69, 9.17) is 9.47 Å². The third-order valence-corrected chi connectivity index (χ3v) is 5.27. The maximum Gasteiger partial charge on any atom is 0.190 e. The average molecular weight is 431 g/mol. The molecule has 8 heteroatoms. The lowest BCUT2D eigenvalue weighted by molar-refractivity contribution is 0.169. The summed E-state index contributed by atoms with van der Waals surface area (Å²) in [5.41, 5.74) is 3.60. The third kappa shape index (κ3) is 3.71. The Morgan fingerprint density at radius 1 is 1.16 bits per heavy atom. The number of halogens is 1. The predicted molar refractivity (Wildman–Crippen MR) is 121 cm³/mol. The number of hydrazine groups is 1. The molecular weight excluding hydrogens is 409 g/mol. The molecule has 3 heterocycles. The minimum absolute atomic E-state index is 0.269. The van der Waals surface area contributed by atoms with Crippen molar-refractivity contribution in [2.45, 2.75) is 6.92 Å². The van der Waals surface area contributed by atoms with E-state index in [0.717, 1.165) is 28.4 Å². The van der Waals surface area contributed by atoms with Crippen LogP contribution in [0.1, 0.15) is 11.3 Å². The zero-order valence-electron chi connectivity index (χ0n) is 17.8. The largest absolute Gasteiger partial charge is 0.495 e. The lowest BCUT2D eigenvalue weighted by Crippen LogP contribution is -2.50. The Bertz CT molecular complexity index is 1230. The first-order valence-corrected chi connectivity index (χ1v) is 10.2. The molecule has 0 bridgehead atoms. The van der Waals surface area contributed by atoms with Crippen molar-refractivity contribution in [1.82, 2.24) is 14.6 Å². The number of hydrogen-bond donors (Lipinski definition) is 0. The smallest absolute Gasteiger partial charge is 0.190 e. The van der Waals surface area contributed by atoms with Crippen molar-refractivity contribution < 1.29 is 13.9 Å². The van der Waals surface area contributed by atoms with Gasteiger partial charge >= 0.3 is 0 Å². The molecule has 7 nitrogen and oxygen atoms in total. The second-order valence-corrected chi connectivity index (χ2v) is 7.41. The number of aromatic nitrogens is 2. The van der Waals surface area contributed by atoms with Gasteiger partial charge in [-0.3, -0.25) is 10.0 Å². The Kier molecular flexibility index (Phi) is 5.10. The summed E-state index contributed by atoms with van der Waals surface area (Å²) < 4.78 is 26.9. The summed E-state index contributed by atoms with van der Waals surface area (Å²) in [5, 5.41) is 3.96. The van der Waals surface area contributed by atoms with Gasteiger partial charge < -0.3 is 14.0 Å². The molecule has 32 heavy (non-hydrogen) atoms. The maximum atomic E-state index is 13.4.